The zero-order valence-electron chi connectivity index (χ0n) is 10.1. The van der Waals surface area contributed by atoms with Crippen LogP contribution in [0, 0.1) is 5.92 Å². The summed E-state index contributed by atoms with van der Waals surface area (Å²) in [5.41, 5.74) is 1.61. The minimum absolute atomic E-state index is 0.697. The van der Waals surface area contributed by atoms with Crippen molar-refractivity contribution in [2.24, 2.45) is 5.92 Å². The van der Waals surface area contributed by atoms with Gasteiger partial charge in [-0.3, -0.25) is 4.90 Å². The van der Waals surface area contributed by atoms with Crippen LogP contribution in [0.5, 0.6) is 0 Å². The quantitative estimate of drug-likeness (QED) is 0.594. The lowest BCUT2D eigenvalue weighted by Gasteiger charge is -2.20. The van der Waals surface area contributed by atoms with E-state index in [-0.39, 0.29) is 0 Å². The smallest absolute Gasteiger partial charge is 0.0201 e. The predicted octanol–water partition coefficient (Wildman–Crippen LogP) is 3.32. The molecule has 13 heavy (non-hydrogen) atoms. The maximum atomic E-state index is 2.50. The van der Waals surface area contributed by atoms with Crippen LogP contribution < -0.4 is 0 Å². The Balaban J connectivity index is 0.000000671. The molecular formula is C12H25N. The van der Waals surface area contributed by atoms with E-state index in [2.05, 4.69) is 38.7 Å². The van der Waals surface area contributed by atoms with Gasteiger partial charge in [-0.05, 0) is 19.8 Å². The van der Waals surface area contributed by atoms with E-state index in [1.54, 1.807) is 5.57 Å². The molecular weight excluding hydrogens is 158 g/mol. The summed E-state index contributed by atoms with van der Waals surface area (Å²) in [6, 6.07) is 0.697. The Bertz CT molecular complexity index is 157. The monoisotopic (exact) mass is 183 g/mol. The Morgan fingerprint density at radius 3 is 1.92 bits per heavy atom. The van der Waals surface area contributed by atoms with Gasteiger partial charge in [-0.15, -0.1) is 0 Å². The van der Waals surface area contributed by atoms with Gasteiger partial charge in [0, 0.05) is 19.1 Å². The molecule has 0 unspecified atom stereocenters. The molecule has 1 heterocycles. The Morgan fingerprint density at radius 1 is 1.15 bits per heavy atom. The van der Waals surface area contributed by atoms with Crippen molar-refractivity contribution in [3.05, 3.63) is 11.6 Å². The molecule has 0 aromatic rings. The van der Waals surface area contributed by atoms with Gasteiger partial charge in [0.05, 0.1) is 0 Å². The highest BCUT2D eigenvalue weighted by Crippen LogP contribution is 2.18. The highest BCUT2D eigenvalue weighted by Gasteiger charge is 2.17. The van der Waals surface area contributed by atoms with Gasteiger partial charge in [0.15, 0.2) is 0 Å². The predicted molar refractivity (Wildman–Crippen MR) is 61.0 cm³/mol. The van der Waals surface area contributed by atoms with Crippen LogP contribution in [0.1, 0.15) is 41.5 Å². The van der Waals surface area contributed by atoms with E-state index < -0.39 is 0 Å². The van der Waals surface area contributed by atoms with E-state index >= 15 is 0 Å². The largest absolute Gasteiger partial charge is 0.293 e. The first kappa shape index (κ1) is 12.7. The number of rotatable bonds is 2. The van der Waals surface area contributed by atoms with Crippen molar-refractivity contribution in [3.63, 3.8) is 0 Å². The van der Waals surface area contributed by atoms with Crippen molar-refractivity contribution < 1.29 is 0 Å². The van der Waals surface area contributed by atoms with Crippen molar-refractivity contribution >= 4 is 0 Å². The minimum atomic E-state index is 0.697. The van der Waals surface area contributed by atoms with Gasteiger partial charge >= 0.3 is 0 Å². The van der Waals surface area contributed by atoms with Crippen LogP contribution in [0.3, 0.4) is 0 Å². The molecule has 1 heteroatoms. The van der Waals surface area contributed by atoms with E-state index in [1.165, 1.54) is 6.54 Å². The molecule has 1 nitrogen and oxygen atoms in total. The Morgan fingerprint density at radius 2 is 1.69 bits per heavy atom. The lowest BCUT2D eigenvalue weighted by atomic mass is 10.1. The van der Waals surface area contributed by atoms with Crippen LogP contribution in [-0.2, 0) is 0 Å². The van der Waals surface area contributed by atoms with Gasteiger partial charge in [-0.1, -0.05) is 39.3 Å². The fourth-order valence-electron chi connectivity index (χ4n) is 1.41. The molecule has 0 saturated carbocycles. The summed E-state index contributed by atoms with van der Waals surface area (Å²) in [4.78, 5) is 2.50. The Labute approximate surface area is 83.8 Å². The third-order valence-electron chi connectivity index (χ3n) is 2.45. The first-order valence-corrected chi connectivity index (χ1v) is 5.54. The number of hydrogen-bond acceptors (Lipinski definition) is 1. The van der Waals surface area contributed by atoms with Gasteiger partial charge in [-0.2, -0.15) is 0 Å². The molecule has 0 N–H and O–H groups in total. The average Bonchev–Trinajstić information content (AvgIpc) is 2.56. The molecule has 0 bridgehead atoms. The van der Waals surface area contributed by atoms with Crippen LogP contribution in [0.25, 0.3) is 0 Å². The Hall–Kier alpha value is -0.300. The third-order valence-corrected chi connectivity index (χ3v) is 2.45. The first-order chi connectivity index (χ1) is 6.11. The molecule has 0 atom stereocenters. The fraction of sp³-hybridized carbons (Fsp3) is 0.833. The SMILES string of the molecule is CC.CC(C)C1=CCN(C(C)C)C1. The maximum absolute atomic E-state index is 2.50. The van der Waals surface area contributed by atoms with Crippen LogP contribution in [0.4, 0.5) is 0 Å². The third kappa shape index (κ3) is 3.95. The van der Waals surface area contributed by atoms with Crippen molar-refractivity contribution in [3.8, 4) is 0 Å². The molecule has 0 aromatic heterocycles. The summed E-state index contributed by atoms with van der Waals surface area (Å²) in [6.07, 6.45) is 2.38. The first-order valence-electron chi connectivity index (χ1n) is 5.54. The summed E-state index contributed by atoms with van der Waals surface area (Å²) >= 11 is 0. The number of hydrogen-bond donors (Lipinski definition) is 0. The zero-order valence-corrected chi connectivity index (χ0v) is 10.1. The summed E-state index contributed by atoms with van der Waals surface area (Å²) < 4.78 is 0. The molecule has 0 fully saturated rings. The van der Waals surface area contributed by atoms with Crippen LogP contribution >= 0.6 is 0 Å². The molecule has 0 amide bonds. The molecule has 1 aliphatic rings. The summed E-state index contributed by atoms with van der Waals surface area (Å²) in [6.45, 7) is 15.4. The van der Waals surface area contributed by atoms with Crippen molar-refractivity contribution in [1.82, 2.24) is 4.90 Å². The maximum Gasteiger partial charge on any atom is 0.0201 e. The van der Waals surface area contributed by atoms with Gasteiger partial charge in [0.1, 0.15) is 0 Å². The average molecular weight is 183 g/mol. The van der Waals surface area contributed by atoms with Gasteiger partial charge in [0.25, 0.3) is 0 Å². The van der Waals surface area contributed by atoms with Crippen molar-refractivity contribution in [2.45, 2.75) is 47.6 Å². The van der Waals surface area contributed by atoms with Crippen molar-refractivity contribution in [2.75, 3.05) is 13.1 Å². The molecule has 1 rings (SSSR count). The van der Waals surface area contributed by atoms with E-state index in [0.29, 0.717) is 6.04 Å². The van der Waals surface area contributed by atoms with Gasteiger partial charge in [-0.25, -0.2) is 0 Å². The fourth-order valence-corrected chi connectivity index (χ4v) is 1.41. The number of nitrogens with zero attached hydrogens (tertiary/aromatic N) is 1. The van der Waals surface area contributed by atoms with Crippen LogP contribution in [0.15, 0.2) is 11.6 Å². The van der Waals surface area contributed by atoms with E-state index in [0.717, 1.165) is 12.5 Å². The highest BCUT2D eigenvalue weighted by atomic mass is 15.2. The molecule has 1 aliphatic heterocycles. The van der Waals surface area contributed by atoms with Gasteiger partial charge in [0.2, 0.25) is 0 Å². The second-order valence-corrected chi connectivity index (χ2v) is 3.96. The molecule has 0 saturated heterocycles. The molecule has 0 aliphatic carbocycles. The van der Waals surface area contributed by atoms with Crippen LogP contribution in [0.2, 0.25) is 0 Å². The minimum Gasteiger partial charge on any atom is -0.293 e. The molecule has 0 aromatic carbocycles. The normalized spacial score (nSPS) is 17.4. The summed E-state index contributed by atoms with van der Waals surface area (Å²) in [7, 11) is 0. The standard InChI is InChI=1S/C10H19N.C2H6/c1-8(2)10-5-6-11(7-10)9(3)4;1-2/h5,8-9H,6-7H2,1-4H3;1-2H3. The van der Waals surface area contributed by atoms with E-state index in [9.17, 15) is 0 Å². The second-order valence-electron chi connectivity index (χ2n) is 3.96. The Kier molecular flexibility index (Phi) is 6.06. The lowest BCUT2D eigenvalue weighted by Crippen LogP contribution is -2.28. The highest BCUT2D eigenvalue weighted by molar-refractivity contribution is 5.14. The topological polar surface area (TPSA) is 3.24 Å². The molecule has 78 valence electrons. The zero-order chi connectivity index (χ0) is 10.4. The summed E-state index contributed by atoms with van der Waals surface area (Å²) in [5.74, 6) is 0.735. The molecule has 0 radical (unpaired) electrons. The van der Waals surface area contributed by atoms with Crippen molar-refractivity contribution in [1.29, 1.82) is 0 Å². The van der Waals surface area contributed by atoms with Gasteiger partial charge < -0.3 is 0 Å². The van der Waals surface area contributed by atoms with E-state index in [4.69, 9.17) is 0 Å². The van der Waals surface area contributed by atoms with E-state index in [1.807, 2.05) is 13.8 Å². The molecule has 0 spiro atoms. The lowest BCUT2D eigenvalue weighted by molar-refractivity contribution is 0.280. The summed E-state index contributed by atoms with van der Waals surface area (Å²) in [5, 5.41) is 0. The second kappa shape index (κ2) is 6.20. The van der Waals surface area contributed by atoms with Crippen LogP contribution in [-0.4, -0.2) is 24.0 Å².